The van der Waals surface area contributed by atoms with Crippen LogP contribution in [0.4, 0.5) is 16.2 Å². The van der Waals surface area contributed by atoms with E-state index in [1.165, 1.54) is 16.9 Å². The summed E-state index contributed by atoms with van der Waals surface area (Å²) in [5.41, 5.74) is 5.16. The van der Waals surface area contributed by atoms with Gasteiger partial charge in [-0.25, -0.2) is 4.79 Å². The van der Waals surface area contributed by atoms with E-state index in [2.05, 4.69) is 58.7 Å². The monoisotopic (exact) mass is 462 g/mol. The Labute approximate surface area is 199 Å². The Morgan fingerprint density at radius 1 is 1.00 bits per heavy atom. The van der Waals surface area contributed by atoms with E-state index in [0.717, 1.165) is 18.5 Å². The molecule has 3 aromatic rings. The number of methoxy groups -OCH3 is 3. The van der Waals surface area contributed by atoms with E-state index in [1.807, 2.05) is 4.90 Å². The largest absolute Gasteiger partial charge is 0.493 e. The summed E-state index contributed by atoms with van der Waals surface area (Å²) >= 11 is 0. The van der Waals surface area contributed by atoms with Crippen molar-refractivity contribution in [2.75, 3.05) is 45.1 Å². The molecular formula is C26H30N4O4. The highest BCUT2D eigenvalue weighted by molar-refractivity contribution is 5.90. The number of amides is 2. The number of hydrogen-bond donors (Lipinski definition) is 2. The maximum atomic E-state index is 13.1. The number of benzene rings is 2. The molecule has 2 N–H and O–H groups in total. The van der Waals surface area contributed by atoms with Crippen LogP contribution in [0.15, 0.2) is 48.7 Å². The van der Waals surface area contributed by atoms with E-state index in [0.29, 0.717) is 36.0 Å². The van der Waals surface area contributed by atoms with Crippen molar-refractivity contribution in [3.05, 3.63) is 59.9 Å². The normalized spacial score (nSPS) is 15.7. The van der Waals surface area contributed by atoms with Gasteiger partial charge in [-0.15, -0.1) is 0 Å². The van der Waals surface area contributed by atoms with Crippen molar-refractivity contribution < 1.29 is 19.0 Å². The van der Waals surface area contributed by atoms with E-state index in [-0.39, 0.29) is 11.6 Å². The average Bonchev–Trinajstić information content (AvgIpc) is 3.35. The molecule has 0 unspecified atom stereocenters. The molecule has 2 amide bonds. The van der Waals surface area contributed by atoms with Gasteiger partial charge in [-0.05, 0) is 49.6 Å². The molecule has 1 fully saturated rings. The minimum Gasteiger partial charge on any atom is -0.493 e. The molecule has 5 rings (SSSR count). The molecule has 2 aromatic carbocycles. The van der Waals surface area contributed by atoms with E-state index < -0.39 is 0 Å². The molecule has 0 saturated carbocycles. The molecule has 0 radical (unpaired) electrons. The number of anilines is 2. The van der Waals surface area contributed by atoms with Crippen LogP contribution in [-0.4, -0.2) is 49.9 Å². The fraction of sp³-hybridized carbons (Fsp3) is 0.346. The topological polar surface area (TPSA) is 77.0 Å². The predicted octanol–water partition coefficient (Wildman–Crippen LogP) is 4.76. The number of aryl methyl sites for hydroxylation is 1. The summed E-state index contributed by atoms with van der Waals surface area (Å²) in [7, 11) is 4.66. The highest BCUT2D eigenvalue weighted by atomic mass is 16.5. The standard InChI is InChI=1S/C26H30N4O4/c1-17-7-8-20-19(14-17)28-26(23-6-5-11-30(20)23)9-12-29(13-10-26)25(31)27-18-15-21(32-2)24(34-4)22(16-18)33-3/h5-8,11,14-16,28H,9-10,12-13H2,1-4H3,(H,27,31). The predicted molar refractivity (Wildman–Crippen MR) is 132 cm³/mol. The quantitative estimate of drug-likeness (QED) is 0.585. The molecule has 0 atom stereocenters. The lowest BCUT2D eigenvalue weighted by molar-refractivity contribution is 0.174. The number of hydrogen-bond acceptors (Lipinski definition) is 5. The van der Waals surface area contributed by atoms with Crippen LogP contribution in [0.5, 0.6) is 17.2 Å². The number of aromatic nitrogens is 1. The van der Waals surface area contributed by atoms with Crippen molar-refractivity contribution >= 4 is 17.4 Å². The Balaban J connectivity index is 1.33. The minimum atomic E-state index is -0.201. The second kappa shape index (κ2) is 8.52. The number of ether oxygens (including phenoxy) is 3. The van der Waals surface area contributed by atoms with Crippen molar-refractivity contribution in [3.63, 3.8) is 0 Å². The van der Waals surface area contributed by atoms with E-state index >= 15 is 0 Å². The lowest BCUT2D eigenvalue weighted by Gasteiger charge is -2.46. The molecule has 0 aliphatic carbocycles. The number of rotatable bonds is 4. The zero-order valence-electron chi connectivity index (χ0n) is 20.0. The van der Waals surface area contributed by atoms with Crippen LogP contribution in [-0.2, 0) is 5.54 Å². The summed E-state index contributed by atoms with van der Waals surface area (Å²) in [5, 5.41) is 6.81. The van der Waals surface area contributed by atoms with Gasteiger partial charge in [0, 0.05) is 37.1 Å². The summed E-state index contributed by atoms with van der Waals surface area (Å²) in [6.07, 6.45) is 3.75. The van der Waals surface area contributed by atoms with Crippen LogP contribution in [0.25, 0.3) is 5.69 Å². The van der Waals surface area contributed by atoms with Crippen LogP contribution in [0.1, 0.15) is 24.1 Å². The lowest BCUT2D eigenvalue weighted by atomic mass is 9.82. The first kappa shape index (κ1) is 22.0. The Hall–Kier alpha value is -3.81. The number of nitrogens with zero attached hydrogens (tertiary/aromatic N) is 2. The second-order valence-electron chi connectivity index (χ2n) is 8.82. The zero-order valence-corrected chi connectivity index (χ0v) is 20.0. The van der Waals surface area contributed by atoms with Gasteiger partial charge >= 0.3 is 6.03 Å². The summed E-state index contributed by atoms with van der Waals surface area (Å²) in [6, 6.07) is 14.1. The molecule has 2 aliphatic rings. The third kappa shape index (κ3) is 3.59. The molecule has 8 nitrogen and oxygen atoms in total. The van der Waals surface area contributed by atoms with E-state index in [1.54, 1.807) is 33.5 Å². The minimum absolute atomic E-state index is 0.147. The molecule has 178 valence electrons. The van der Waals surface area contributed by atoms with Gasteiger partial charge in [-0.3, -0.25) is 0 Å². The summed E-state index contributed by atoms with van der Waals surface area (Å²) < 4.78 is 18.5. The number of fused-ring (bicyclic) bond motifs is 4. The van der Waals surface area contributed by atoms with Gasteiger partial charge < -0.3 is 34.3 Å². The molecular weight excluding hydrogens is 432 g/mol. The highest BCUT2D eigenvalue weighted by Gasteiger charge is 2.42. The molecule has 34 heavy (non-hydrogen) atoms. The van der Waals surface area contributed by atoms with Crippen LogP contribution in [0, 0.1) is 6.92 Å². The number of carbonyl (C=O) groups is 1. The average molecular weight is 463 g/mol. The summed E-state index contributed by atoms with van der Waals surface area (Å²) in [5.74, 6) is 1.48. The number of urea groups is 1. The molecule has 1 spiro atoms. The van der Waals surface area contributed by atoms with Crippen LogP contribution in [0.3, 0.4) is 0 Å². The second-order valence-corrected chi connectivity index (χ2v) is 8.82. The van der Waals surface area contributed by atoms with Crippen LogP contribution in [0.2, 0.25) is 0 Å². The maximum absolute atomic E-state index is 13.1. The fourth-order valence-electron chi connectivity index (χ4n) is 5.09. The Morgan fingerprint density at radius 2 is 1.71 bits per heavy atom. The highest BCUT2D eigenvalue weighted by Crippen LogP contribution is 2.44. The third-order valence-corrected chi connectivity index (χ3v) is 6.84. The first-order valence-corrected chi connectivity index (χ1v) is 11.4. The van der Waals surface area contributed by atoms with Crippen LogP contribution >= 0.6 is 0 Å². The van der Waals surface area contributed by atoms with Gasteiger partial charge in [0.25, 0.3) is 0 Å². The van der Waals surface area contributed by atoms with Gasteiger partial charge in [0.1, 0.15) is 0 Å². The van der Waals surface area contributed by atoms with Crippen molar-refractivity contribution in [2.24, 2.45) is 0 Å². The van der Waals surface area contributed by atoms with E-state index in [4.69, 9.17) is 14.2 Å². The molecule has 8 heteroatoms. The SMILES string of the molecule is COc1cc(NC(=O)N2CCC3(CC2)Nc2cc(C)ccc2-n2cccc23)cc(OC)c1OC. The third-order valence-electron chi connectivity index (χ3n) is 6.84. The summed E-state index contributed by atoms with van der Waals surface area (Å²) in [6.45, 7) is 3.38. The van der Waals surface area contributed by atoms with Crippen molar-refractivity contribution in [2.45, 2.75) is 25.3 Å². The van der Waals surface area contributed by atoms with E-state index in [9.17, 15) is 4.79 Å². The van der Waals surface area contributed by atoms with Crippen molar-refractivity contribution in [1.29, 1.82) is 0 Å². The number of likely N-dealkylation sites (tertiary alicyclic amines) is 1. The molecule has 1 saturated heterocycles. The van der Waals surface area contributed by atoms with Crippen molar-refractivity contribution in [1.82, 2.24) is 9.47 Å². The molecule has 3 heterocycles. The van der Waals surface area contributed by atoms with Gasteiger partial charge in [-0.2, -0.15) is 0 Å². The summed E-state index contributed by atoms with van der Waals surface area (Å²) in [4.78, 5) is 15.0. The van der Waals surface area contributed by atoms with Gasteiger partial charge in [0.05, 0.1) is 43.9 Å². The number of piperidine rings is 1. The Kier molecular flexibility index (Phi) is 5.51. The first-order chi connectivity index (χ1) is 16.5. The van der Waals surface area contributed by atoms with Gasteiger partial charge in [0.2, 0.25) is 5.75 Å². The first-order valence-electron chi connectivity index (χ1n) is 11.4. The molecule has 0 bridgehead atoms. The maximum Gasteiger partial charge on any atom is 0.321 e. The number of carbonyl (C=O) groups excluding carboxylic acids is 1. The van der Waals surface area contributed by atoms with Gasteiger partial charge in [0.15, 0.2) is 11.5 Å². The Morgan fingerprint density at radius 3 is 2.35 bits per heavy atom. The molecule has 1 aromatic heterocycles. The fourth-order valence-corrected chi connectivity index (χ4v) is 5.09. The molecule has 2 aliphatic heterocycles. The number of nitrogens with one attached hydrogen (secondary N) is 2. The zero-order chi connectivity index (χ0) is 23.9. The van der Waals surface area contributed by atoms with Crippen molar-refractivity contribution in [3.8, 4) is 22.9 Å². The lowest BCUT2D eigenvalue weighted by Crippen LogP contribution is -2.51. The van der Waals surface area contributed by atoms with Gasteiger partial charge in [-0.1, -0.05) is 6.07 Å². The van der Waals surface area contributed by atoms with Crippen LogP contribution < -0.4 is 24.8 Å². The smallest absolute Gasteiger partial charge is 0.321 e. The Bertz CT molecular complexity index is 1200.